The summed E-state index contributed by atoms with van der Waals surface area (Å²) < 4.78 is 11.8. The third-order valence-corrected chi connectivity index (χ3v) is 12.5. The van der Waals surface area contributed by atoms with Crippen LogP contribution in [0.3, 0.4) is 0 Å². The van der Waals surface area contributed by atoms with Crippen molar-refractivity contribution in [1.82, 2.24) is 28.7 Å². The fraction of sp³-hybridized carbons (Fsp3) is 0.500. The maximum absolute atomic E-state index is 13.3. The van der Waals surface area contributed by atoms with Crippen molar-refractivity contribution in [2.75, 3.05) is 0 Å². The van der Waals surface area contributed by atoms with Crippen LogP contribution in [0.4, 0.5) is 0 Å². The van der Waals surface area contributed by atoms with Crippen LogP contribution in [0.5, 0.6) is 0 Å². The molecule has 36 heavy (non-hydrogen) atoms. The highest BCUT2D eigenvalue weighted by molar-refractivity contribution is 6.74. The van der Waals surface area contributed by atoms with Crippen molar-refractivity contribution in [1.29, 1.82) is 5.26 Å². The fourth-order valence-corrected chi connectivity index (χ4v) is 6.25. The first-order chi connectivity index (χ1) is 17.0. The van der Waals surface area contributed by atoms with Crippen LogP contribution >= 0.6 is 0 Å². The van der Waals surface area contributed by atoms with Crippen molar-refractivity contribution in [2.24, 2.45) is 7.05 Å². The van der Waals surface area contributed by atoms with E-state index in [1.807, 2.05) is 4.57 Å². The van der Waals surface area contributed by atoms with Crippen LogP contribution in [0.25, 0.3) is 28.1 Å². The first-order valence-corrected chi connectivity index (χ1v) is 15.4. The molecule has 0 atom stereocenters. The number of imidazole rings is 1. The molecule has 1 saturated carbocycles. The van der Waals surface area contributed by atoms with Gasteiger partial charge in [0, 0.05) is 25.4 Å². The fourth-order valence-electron chi connectivity index (χ4n) is 4.83. The van der Waals surface area contributed by atoms with Crippen molar-refractivity contribution in [3.63, 3.8) is 0 Å². The highest BCUT2D eigenvalue weighted by Gasteiger charge is 2.40. The van der Waals surface area contributed by atoms with Gasteiger partial charge in [0.25, 0.3) is 0 Å². The number of aryl methyl sites for hydroxylation is 1. The summed E-state index contributed by atoms with van der Waals surface area (Å²) in [6.07, 6.45) is 9.02. The average molecular weight is 504 g/mol. The van der Waals surface area contributed by atoms with E-state index in [2.05, 4.69) is 50.0 Å². The van der Waals surface area contributed by atoms with Gasteiger partial charge in [0.05, 0.1) is 35.1 Å². The zero-order chi connectivity index (χ0) is 25.8. The molecule has 9 nitrogen and oxygen atoms in total. The second-order valence-corrected chi connectivity index (χ2v) is 16.1. The predicted molar refractivity (Wildman–Crippen MR) is 141 cm³/mol. The molecule has 4 aromatic heterocycles. The highest BCUT2D eigenvalue weighted by Crippen LogP contribution is 2.40. The molecule has 10 heteroatoms. The Morgan fingerprint density at radius 3 is 2.53 bits per heavy atom. The molecule has 1 aliphatic rings. The molecule has 188 valence electrons. The van der Waals surface area contributed by atoms with Crippen LogP contribution < -0.4 is 5.69 Å². The third-order valence-electron chi connectivity index (χ3n) is 8.00. The largest absolute Gasteiger partial charge is 0.414 e. The number of hydrogen-bond donors (Lipinski definition) is 0. The number of pyridine rings is 1. The normalized spacial score (nSPS) is 19.1. The molecular formula is C26H33N7O2Si. The monoisotopic (exact) mass is 503 g/mol. The van der Waals surface area contributed by atoms with Gasteiger partial charge in [-0.2, -0.15) is 10.4 Å². The molecule has 0 radical (unpaired) electrons. The Bertz CT molecular complexity index is 1540. The molecule has 5 rings (SSSR count). The summed E-state index contributed by atoms with van der Waals surface area (Å²) in [4.78, 5) is 22.7. The maximum Gasteiger partial charge on any atom is 0.330 e. The van der Waals surface area contributed by atoms with Gasteiger partial charge in [0.2, 0.25) is 0 Å². The van der Waals surface area contributed by atoms with Crippen LogP contribution in [0, 0.1) is 11.3 Å². The number of nitrogens with zero attached hydrogens (tertiary/aromatic N) is 7. The molecule has 0 aromatic carbocycles. The summed E-state index contributed by atoms with van der Waals surface area (Å²) in [6.45, 7) is 11.4. The highest BCUT2D eigenvalue weighted by atomic mass is 28.4. The maximum atomic E-state index is 13.3. The molecule has 1 fully saturated rings. The van der Waals surface area contributed by atoms with Gasteiger partial charge >= 0.3 is 5.69 Å². The lowest BCUT2D eigenvalue weighted by Gasteiger charge is -2.41. The lowest BCUT2D eigenvalue weighted by atomic mass is 9.93. The summed E-state index contributed by atoms with van der Waals surface area (Å²) in [5.74, 6) is 0.488. The van der Waals surface area contributed by atoms with Gasteiger partial charge in [0.1, 0.15) is 5.52 Å². The lowest BCUT2D eigenvalue weighted by Crippen LogP contribution is -2.45. The van der Waals surface area contributed by atoms with Crippen LogP contribution in [0.1, 0.15) is 58.1 Å². The van der Waals surface area contributed by atoms with Gasteiger partial charge in [-0.15, -0.1) is 0 Å². The SMILES string of the molecule is Cn1c(=O)n(C2CCC(O[Si](C)(C)C(C)(C)C)CC2)c2nc(-c3cnn4ccc(C#N)cc34)ncc21. The van der Waals surface area contributed by atoms with Crippen molar-refractivity contribution < 1.29 is 4.43 Å². The third kappa shape index (κ3) is 4.06. The van der Waals surface area contributed by atoms with E-state index >= 15 is 0 Å². The van der Waals surface area contributed by atoms with Crippen LogP contribution in [-0.2, 0) is 11.5 Å². The van der Waals surface area contributed by atoms with E-state index in [1.165, 1.54) is 0 Å². The molecule has 1 aliphatic carbocycles. The number of nitriles is 1. The molecule has 0 bridgehead atoms. The van der Waals surface area contributed by atoms with Crippen molar-refractivity contribution >= 4 is 25.0 Å². The van der Waals surface area contributed by atoms with E-state index in [9.17, 15) is 10.1 Å². The van der Waals surface area contributed by atoms with Gasteiger partial charge in [0.15, 0.2) is 19.8 Å². The Morgan fingerprint density at radius 1 is 1.14 bits per heavy atom. The van der Waals surface area contributed by atoms with Crippen LogP contribution in [0.15, 0.2) is 35.5 Å². The molecule has 0 amide bonds. The molecule has 0 unspecified atom stereocenters. The first kappa shape index (κ1) is 24.4. The minimum atomic E-state index is -1.83. The zero-order valence-electron chi connectivity index (χ0n) is 21.8. The molecule has 0 saturated heterocycles. The minimum Gasteiger partial charge on any atom is -0.414 e. The Balaban J connectivity index is 1.48. The summed E-state index contributed by atoms with van der Waals surface area (Å²) in [7, 11) is -0.0644. The zero-order valence-corrected chi connectivity index (χ0v) is 22.8. The van der Waals surface area contributed by atoms with E-state index in [1.54, 1.807) is 46.9 Å². The second kappa shape index (κ2) is 8.67. The number of aromatic nitrogens is 6. The van der Waals surface area contributed by atoms with E-state index in [4.69, 9.17) is 9.41 Å². The summed E-state index contributed by atoms with van der Waals surface area (Å²) in [5.41, 5.74) is 3.29. The Hall–Kier alpha value is -3.29. The van der Waals surface area contributed by atoms with Gasteiger partial charge < -0.3 is 4.43 Å². The number of rotatable bonds is 4. The van der Waals surface area contributed by atoms with Gasteiger partial charge in [-0.1, -0.05) is 20.8 Å². The predicted octanol–water partition coefficient (Wildman–Crippen LogP) is 4.82. The summed E-state index contributed by atoms with van der Waals surface area (Å²) in [6, 6.07) is 5.73. The van der Waals surface area contributed by atoms with Crippen LogP contribution in [-0.4, -0.2) is 43.1 Å². The van der Waals surface area contributed by atoms with Crippen molar-refractivity contribution in [3.8, 4) is 17.5 Å². The minimum absolute atomic E-state index is 0.0670. The molecule has 4 aromatic rings. The number of hydrogen-bond acceptors (Lipinski definition) is 6. The molecular weight excluding hydrogens is 470 g/mol. The molecule has 4 heterocycles. The second-order valence-electron chi connectivity index (χ2n) is 11.3. The quantitative estimate of drug-likeness (QED) is 0.370. The smallest absolute Gasteiger partial charge is 0.330 e. The number of fused-ring (bicyclic) bond motifs is 2. The van der Waals surface area contributed by atoms with E-state index in [-0.39, 0.29) is 22.9 Å². The average Bonchev–Trinajstić information content (AvgIpc) is 3.37. The Kier molecular flexibility index (Phi) is 5.88. The summed E-state index contributed by atoms with van der Waals surface area (Å²) in [5, 5.41) is 13.9. The molecule has 0 spiro atoms. The van der Waals surface area contributed by atoms with Crippen molar-refractivity contribution in [3.05, 3.63) is 46.8 Å². The Morgan fingerprint density at radius 2 is 1.86 bits per heavy atom. The van der Waals surface area contributed by atoms with Gasteiger partial charge in [-0.3, -0.25) is 9.13 Å². The lowest BCUT2D eigenvalue weighted by molar-refractivity contribution is 0.118. The Labute approximate surface area is 211 Å². The van der Waals surface area contributed by atoms with E-state index in [0.29, 0.717) is 22.6 Å². The molecule has 0 N–H and O–H groups in total. The van der Waals surface area contributed by atoms with E-state index in [0.717, 1.165) is 36.8 Å². The topological polar surface area (TPSA) is 103 Å². The summed E-state index contributed by atoms with van der Waals surface area (Å²) >= 11 is 0. The molecule has 0 aliphatic heterocycles. The van der Waals surface area contributed by atoms with E-state index < -0.39 is 8.32 Å². The van der Waals surface area contributed by atoms with Crippen LogP contribution in [0.2, 0.25) is 18.1 Å². The first-order valence-electron chi connectivity index (χ1n) is 12.5. The van der Waals surface area contributed by atoms with Gasteiger partial charge in [-0.05, 0) is 55.9 Å². The standard InChI is InChI=1S/C26H33N7O2Si/c1-26(2,3)36(5,6)35-19-9-7-18(8-10-19)33-24-22(31(4)25(33)34)16-28-23(30-24)20-15-29-32-12-11-17(14-27)13-21(20)32/h11-13,15-16,18-19H,7-10H2,1-6H3. The van der Waals surface area contributed by atoms with Gasteiger partial charge in [-0.25, -0.2) is 19.3 Å². The van der Waals surface area contributed by atoms with Crippen molar-refractivity contribution in [2.45, 2.75) is 76.7 Å².